The number of hydrogen-bond donors (Lipinski definition) is 2. The second kappa shape index (κ2) is 5.30. The molecule has 1 saturated heterocycles. The summed E-state index contributed by atoms with van der Waals surface area (Å²) in [6.45, 7) is 0. The molecule has 2 aliphatic rings. The van der Waals surface area contributed by atoms with Gasteiger partial charge in [-0.15, -0.1) is 28.5 Å². The highest BCUT2D eigenvalue weighted by atomic mass is 35.5. The van der Waals surface area contributed by atoms with Gasteiger partial charge in [-0.25, -0.2) is 0 Å². The molecule has 0 aliphatic carbocycles. The van der Waals surface area contributed by atoms with Crippen LogP contribution in [0.1, 0.15) is 10.6 Å². The van der Waals surface area contributed by atoms with Gasteiger partial charge in [0.15, 0.2) is 0 Å². The van der Waals surface area contributed by atoms with Crippen molar-refractivity contribution in [3.05, 3.63) is 16.3 Å². The SMILES string of the molecule is N[C@@H]1C(=O)N2C(C(=O)S)=C(c3snnc3CCl)CS[C@H]12. The van der Waals surface area contributed by atoms with Crippen molar-refractivity contribution in [3.63, 3.8) is 0 Å². The zero-order valence-electron chi connectivity index (χ0n) is 9.95. The van der Waals surface area contributed by atoms with E-state index in [9.17, 15) is 9.59 Å². The van der Waals surface area contributed by atoms with Gasteiger partial charge in [-0.2, -0.15) is 0 Å². The molecule has 1 aromatic rings. The lowest BCUT2D eigenvalue weighted by Gasteiger charge is -2.48. The second-order valence-electron chi connectivity index (χ2n) is 4.25. The number of amides is 1. The van der Waals surface area contributed by atoms with Crippen LogP contribution in [0.5, 0.6) is 0 Å². The molecule has 0 saturated carbocycles. The molecule has 0 radical (unpaired) electrons. The van der Waals surface area contributed by atoms with E-state index in [1.54, 1.807) is 0 Å². The lowest BCUT2D eigenvalue weighted by atomic mass is 10.0. The van der Waals surface area contributed by atoms with E-state index in [1.165, 1.54) is 16.7 Å². The number of aromatic nitrogens is 2. The molecule has 6 nitrogen and oxygen atoms in total. The first kappa shape index (κ1) is 14.3. The van der Waals surface area contributed by atoms with E-state index in [2.05, 4.69) is 22.2 Å². The van der Waals surface area contributed by atoms with Crippen LogP contribution in [-0.2, 0) is 15.5 Å². The van der Waals surface area contributed by atoms with Gasteiger partial charge in [0.1, 0.15) is 17.1 Å². The Morgan fingerprint density at radius 3 is 3.00 bits per heavy atom. The minimum atomic E-state index is -0.559. The van der Waals surface area contributed by atoms with E-state index in [1.807, 2.05) is 0 Å². The number of β-lactam (4-membered cyclic amide) rings is 1. The molecule has 2 N–H and O–H groups in total. The van der Waals surface area contributed by atoms with Crippen molar-refractivity contribution in [1.82, 2.24) is 14.5 Å². The number of carbonyl (C=O) groups is 2. The molecule has 0 spiro atoms. The third kappa shape index (κ3) is 2.00. The molecule has 1 amide bonds. The van der Waals surface area contributed by atoms with Crippen LogP contribution >= 0.6 is 47.5 Å². The number of thioether (sulfide) groups is 1. The second-order valence-corrected chi connectivity index (χ2v) is 6.78. The predicted octanol–water partition coefficient (Wildman–Crippen LogP) is 0.687. The molecule has 1 aromatic heterocycles. The number of halogens is 1. The van der Waals surface area contributed by atoms with Gasteiger partial charge in [-0.1, -0.05) is 17.1 Å². The highest BCUT2D eigenvalue weighted by Crippen LogP contribution is 2.44. The van der Waals surface area contributed by atoms with Crippen LogP contribution in [0.25, 0.3) is 5.57 Å². The lowest BCUT2D eigenvalue weighted by molar-refractivity contribution is -0.142. The molecule has 106 valence electrons. The Balaban J connectivity index is 2.11. The maximum Gasteiger partial charge on any atom is 0.248 e. The monoisotopic (exact) mass is 348 g/mol. The van der Waals surface area contributed by atoms with Crippen molar-refractivity contribution in [1.29, 1.82) is 0 Å². The van der Waals surface area contributed by atoms with Gasteiger partial charge < -0.3 is 5.73 Å². The molecule has 0 bridgehead atoms. The fraction of sp³-hybridized carbons (Fsp3) is 0.400. The number of carbonyl (C=O) groups excluding carboxylic acids is 2. The van der Waals surface area contributed by atoms with Crippen molar-refractivity contribution in [2.75, 3.05) is 5.75 Å². The van der Waals surface area contributed by atoms with Crippen molar-refractivity contribution in [3.8, 4) is 0 Å². The van der Waals surface area contributed by atoms with Crippen LogP contribution in [0.2, 0.25) is 0 Å². The molecular formula is C10H9ClN4O2S3. The van der Waals surface area contributed by atoms with E-state index in [4.69, 9.17) is 17.3 Å². The molecule has 3 heterocycles. The molecule has 0 aromatic carbocycles. The van der Waals surface area contributed by atoms with Gasteiger partial charge in [-0.3, -0.25) is 14.5 Å². The number of nitrogens with two attached hydrogens (primary N) is 1. The summed E-state index contributed by atoms with van der Waals surface area (Å²) in [6, 6.07) is -0.559. The fourth-order valence-corrected chi connectivity index (χ4v) is 4.83. The lowest BCUT2D eigenvalue weighted by Crippen LogP contribution is -2.68. The molecule has 3 rings (SSSR count). The topological polar surface area (TPSA) is 89.2 Å². The number of thiol groups is 1. The Morgan fingerprint density at radius 1 is 1.60 bits per heavy atom. The Bertz CT molecular complexity index is 632. The van der Waals surface area contributed by atoms with Gasteiger partial charge in [0.25, 0.3) is 0 Å². The van der Waals surface area contributed by atoms with Gasteiger partial charge in [0, 0.05) is 11.3 Å². The van der Waals surface area contributed by atoms with Crippen molar-refractivity contribution in [2.45, 2.75) is 17.3 Å². The standard InChI is InChI=1S/C10H9ClN4O2S3/c11-1-4-7(20-14-13-4)3-2-19-9-5(12)8(16)15(9)6(3)10(17)18/h5,9H,1-2,12H2,(H,17,18)/t5-,9-/m1/s1. The largest absolute Gasteiger partial charge is 0.317 e. The molecular weight excluding hydrogens is 340 g/mol. The average Bonchev–Trinajstić information content (AvgIpc) is 2.92. The Morgan fingerprint density at radius 2 is 2.35 bits per heavy atom. The average molecular weight is 349 g/mol. The minimum Gasteiger partial charge on any atom is -0.317 e. The third-order valence-electron chi connectivity index (χ3n) is 3.17. The molecule has 2 atom stereocenters. The summed E-state index contributed by atoms with van der Waals surface area (Å²) in [5.74, 6) is 0.490. The number of alkyl halides is 1. The number of nitrogens with zero attached hydrogens (tertiary/aromatic N) is 3. The van der Waals surface area contributed by atoms with E-state index >= 15 is 0 Å². The highest BCUT2D eigenvalue weighted by molar-refractivity contribution is 8.00. The Kier molecular flexibility index (Phi) is 3.80. The minimum absolute atomic E-state index is 0.197. The van der Waals surface area contributed by atoms with E-state index in [0.717, 1.165) is 16.4 Å². The first-order valence-corrected chi connectivity index (χ1v) is 8.41. The van der Waals surface area contributed by atoms with Crippen LogP contribution in [0.4, 0.5) is 0 Å². The highest BCUT2D eigenvalue weighted by Gasteiger charge is 2.51. The van der Waals surface area contributed by atoms with E-state index in [0.29, 0.717) is 17.0 Å². The zero-order chi connectivity index (χ0) is 14.4. The van der Waals surface area contributed by atoms with Gasteiger partial charge in [0.2, 0.25) is 11.0 Å². The molecule has 10 heteroatoms. The number of fused-ring (bicyclic) bond motifs is 1. The molecule has 0 unspecified atom stereocenters. The van der Waals surface area contributed by atoms with Crippen LogP contribution in [0.3, 0.4) is 0 Å². The van der Waals surface area contributed by atoms with E-state index in [-0.39, 0.29) is 22.9 Å². The summed E-state index contributed by atoms with van der Waals surface area (Å²) in [6.07, 6.45) is 0. The summed E-state index contributed by atoms with van der Waals surface area (Å²) < 4.78 is 3.86. The van der Waals surface area contributed by atoms with Crippen molar-refractivity contribution >= 4 is 64.1 Å². The number of rotatable bonds is 3. The van der Waals surface area contributed by atoms with Crippen LogP contribution in [-0.4, -0.2) is 42.7 Å². The first-order chi connectivity index (χ1) is 9.56. The summed E-state index contributed by atoms with van der Waals surface area (Å²) in [5, 5.41) is 3.27. The maximum absolute atomic E-state index is 11.9. The fourth-order valence-electron chi connectivity index (χ4n) is 2.22. The molecule has 20 heavy (non-hydrogen) atoms. The van der Waals surface area contributed by atoms with Crippen molar-refractivity contribution < 1.29 is 9.59 Å². The Hall–Kier alpha value is -0.610. The smallest absolute Gasteiger partial charge is 0.248 e. The van der Waals surface area contributed by atoms with Gasteiger partial charge in [0.05, 0.1) is 16.5 Å². The van der Waals surface area contributed by atoms with Crippen LogP contribution < -0.4 is 5.73 Å². The third-order valence-corrected chi connectivity index (χ3v) is 5.76. The summed E-state index contributed by atoms with van der Waals surface area (Å²) in [5.41, 5.74) is 7.34. The molecule has 2 aliphatic heterocycles. The van der Waals surface area contributed by atoms with Crippen LogP contribution in [0.15, 0.2) is 5.70 Å². The Labute approximate surface area is 133 Å². The van der Waals surface area contributed by atoms with Crippen molar-refractivity contribution in [2.24, 2.45) is 5.73 Å². The van der Waals surface area contributed by atoms with Gasteiger partial charge >= 0.3 is 0 Å². The maximum atomic E-state index is 11.9. The molecule has 1 fully saturated rings. The predicted molar refractivity (Wildman–Crippen MR) is 81.4 cm³/mol. The zero-order valence-corrected chi connectivity index (χ0v) is 13.2. The summed E-state index contributed by atoms with van der Waals surface area (Å²) >= 11 is 12.4. The summed E-state index contributed by atoms with van der Waals surface area (Å²) in [4.78, 5) is 25.9. The van der Waals surface area contributed by atoms with Gasteiger partial charge in [-0.05, 0) is 11.5 Å². The van der Waals surface area contributed by atoms with Crippen LogP contribution in [0, 0.1) is 0 Å². The van der Waals surface area contributed by atoms with E-state index < -0.39 is 11.2 Å². The first-order valence-electron chi connectivity index (χ1n) is 5.60. The number of hydrogen-bond acceptors (Lipinski definition) is 7. The quantitative estimate of drug-likeness (QED) is 0.474. The normalized spacial score (nSPS) is 25.6. The summed E-state index contributed by atoms with van der Waals surface area (Å²) in [7, 11) is 0.